The Morgan fingerprint density at radius 1 is 1.33 bits per heavy atom. The Balaban J connectivity index is 2.28. The lowest BCUT2D eigenvalue weighted by atomic mass is 10.1. The molecular formula is C10H22N2. The number of hydrogen-bond donors (Lipinski definition) is 1. The van der Waals surface area contributed by atoms with Crippen LogP contribution in [0.25, 0.3) is 0 Å². The molecule has 0 aromatic heterocycles. The van der Waals surface area contributed by atoms with Gasteiger partial charge in [-0.15, -0.1) is 0 Å². The lowest BCUT2D eigenvalue weighted by molar-refractivity contribution is 0.241. The molecule has 2 heteroatoms. The molecule has 1 aliphatic rings. The second kappa shape index (κ2) is 5.55. The predicted octanol–water partition coefficient (Wildman–Crippen LogP) is 1.47. The maximum atomic E-state index is 3.59. The van der Waals surface area contributed by atoms with Crippen LogP contribution in [0.1, 0.15) is 33.1 Å². The third-order valence-corrected chi connectivity index (χ3v) is 2.82. The van der Waals surface area contributed by atoms with Crippen LogP contribution in [0.2, 0.25) is 0 Å². The Hall–Kier alpha value is -0.0800. The smallest absolute Gasteiger partial charge is 0.00766 e. The molecule has 1 N–H and O–H groups in total. The fraction of sp³-hybridized carbons (Fsp3) is 1.00. The molecule has 1 fully saturated rings. The standard InChI is InChI=1S/C10H22N2/c1-3-10-6-9-12(4-2)8-5-7-11-10/h10-11H,3-9H2,1-2H3. The molecule has 0 saturated carbocycles. The summed E-state index contributed by atoms with van der Waals surface area (Å²) in [7, 11) is 0. The molecular weight excluding hydrogens is 148 g/mol. The van der Waals surface area contributed by atoms with Gasteiger partial charge in [-0.3, -0.25) is 0 Å². The van der Waals surface area contributed by atoms with Crippen LogP contribution in [0.4, 0.5) is 0 Å². The molecule has 1 aliphatic heterocycles. The largest absolute Gasteiger partial charge is 0.314 e. The Morgan fingerprint density at radius 3 is 2.83 bits per heavy atom. The van der Waals surface area contributed by atoms with Crippen molar-refractivity contribution in [3.8, 4) is 0 Å². The molecule has 1 rings (SSSR count). The predicted molar refractivity (Wildman–Crippen MR) is 53.4 cm³/mol. The Bertz CT molecular complexity index is 100. The molecule has 0 aliphatic carbocycles. The van der Waals surface area contributed by atoms with Gasteiger partial charge in [0.05, 0.1) is 0 Å². The first-order chi connectivity index (χ1) is 5.86. The number of hydrogen-bond acceptors (Lipinski definition) is 2. The Morgan fingerprint density at radius 2 is 2.17 bits per heavy atom. The first-order valence-electron chi connectivity index (χ1n) is 5.32. The van der Waals surface area contributed by atoms with Crippen molar-refractivity contribution in [2.75, 3.05) is 26.2 Å². The zero-order valence-corrected chi connectivity index (χ0v) is 8.47. The van der Waals surface area contributed by atoms with Gasteiger partial charge < -0.3 is 10.2 Å². The van der Waals surface area contributed by atoms with Crippen LogP contribution in [0.3, 0.4) is 0 Å². The zero-order valence-electron chi connectivity index (χ0n) is 8.47. The highest BCUT2D eigenvalue weighted by Gasteiger charge is 2.11. The molecule has 12 heavy (non-hydrogen) atoms. The van der Waals surface area contributed by atoms with E-state index in [4.69, 9.17) is 0 Å². The van der Waals surface area contributed by atoms with Crippen LogP contribution in [-0.2, 0) is 0 Å². The summed E-state index contributed by atoms with van der Waals surface area (Å²) in [6.07, 6.45) is 3.91. The minimum absolute atomic E-state index is 0.763. The van der Waals surface area contributed by atoms with Crippen LogP contribution in [0.15, 0.2) is 0 Å². The summed E-state index contributed by atoms with van der Waals surface area (Å²) in [5, 5.41) is 3.59. The number of nitrogens with one attached hydrogen (secondary N) is 1. The SMILES string of the molecule is CCC1CCN(CC)CCCN1. The summed E-state index contributed by atoms with van der Waals surface area (Å²) in [4.78, 5) is 2.56. The van der Waals surface area contributed by atoms with E-state index in [9.17, 15) is 0 Å². The minimum atomic E-state index is 0.763. The summed E-state index contributed by atoms with van der Waals surface area (Å²) < 4.78 is 0. The Kier molecular flexibility index (Phi) is 4.62. The van der Waals surface area contributed by atoms with Crippen LogP contribution in [-0.4, -0.2) is 37.1 Å². The van der Waals surface area contributed by atoms with Gasteiger partial charge in [-0.25, -0.2) is 0 Å². The third-order valence-electron chi connectivity index (χ3n) is 2.82. The van der Waals surface area contributed by atoms with Gasteiger partial charge >= 0.3 is 0 Å². The molecule has 1 unspecified atom stereocenters. The minimum Gasteiger partial charge on any atom is -0.314 e. The maximum Gasteiger partial charge on any atom is 0.00766 e. The van der Waals surface area contributed by atoms with Crippen LogP contribution < -0.4 is 5.32 Å². The summed E-state index contributed by atoms with van der Waals surface area (Å²) in [6.45, 7) is 9.51. The highest BCUT2D eigenvalue weighted by molar-refractivity contribution is 4.71. The molecule has 0 spiro atoms. The lowest BCUT2D eigenvalue weighted by Gasteiger charge is -2.27. The molecule has 1 heterocycles. The molecule has 1 saturated heterocycles. The first-order valence-corrected chi connectivity index (χ1v) is 5.32. The van der Waals surface area contributed by atoms with Crippen molar-refractivity contribution in [3.05, 3.63) is 0 Å². The van der Waals surface area contributed by atoms with Gasteiger partial charge in [0.15, 0.2) is 0 Å². The fourth-order valence-electron chi connectivity index (χ4n) is 1.83. The van der Waals surface area contributed by atoms with E-state index in [1.165, 1.54) is 45.4 Å². The molecule has 72 valence electrons. The summed E-state index contributed by atoms with van der Waals surface area (Å²) in [5.74, 6) is 0. The van der Waals surface area contributed by atoms with Crippen molar-refractivity contribution in [2.24, 2.45) is 0 Å². The van der Waals surface area contributed by atoms with E-state index in [2.05, 4.69) is 24.1 Å². The average molecular weight is 170 g/mol. The topological polar surface area (TPSA) is 15.3 Å². The van der Waals surface area contributed by atoms with Crippen molar-refractivity contribution in [1.29, 1.82) is 0 Å². The second-order valence-electron chi connectivity index (χ2n) is 3.64. The lowest BCUT2D eigenvalue weighted by Crippen LogP contribution is -2.39. The molecule has 0 amide bonds. The van der Waals surface area contributed by atoms with Gasteiger partial charge in [-0.2, -0.15) is 0 Å². The van der Waals surface area contributed by atoms with Gasteiger partial charge in [0.1, 0.15) is 0 Å². The van der Waals surface area contributed by atoms with E-state index in [-0.39, 0.29) is 0 Å². The number of rotatable bonds is 2. The zero-order chi connectivity index (χ0) is 8.81. The van der Waals surface area contributed by atoms with Gasteiger partial charge in [-0.1, -0.05) is 13.8 Å². The van der Waals surface area contributed by atoms with E-state index in [0.717, 1.165) is 6.04 Å². The van der Waals surface area contributed by atoms with Crippen LogP contribution >= 0.6 is 0 Å². The van der Waals surface area contributed by atoms with E-state index >= 15 is 0 Å². The molecule has 0 bridgehead atoms. The van der Waals surface area contributed by atoms with E-state index in [1.54, 1.807) is 0 Å². The van der Waals surface area contributed by atoms with Crippen molar-refractivity contribution in [1.82, 2.24) is 10.2 Å². The average Bonchev–Trinajstić information content (AvgIpc) is 2.05. The molecule has 0 aromatic carbocycles. The maximum absolute atomic E-state index is 3.59. The van der Waals surface area contributed by atoms with Crippen LogP contribution in [0.5, 0.6) is 0 Å². The normalized spacial score (nSPS) is 28.0. The van der Waals surface area contributed by atoms with E-state index < -0.39 is 0 Å². The molecule has 2 nitrogen and oxygen atoms in total. The summed E-state index contributed by atoms with van der Waals surface area (Å²) in [5.41, 5.74) is 0. The fourth-order valence-corrected chi connectivity index (χ4v) is 1.83. The quantitative estimate of drug-likeness (QED) is 0.675. The van der Waals surface area contributed by atoms with Gasteiger partial charge in [-0.05, 0) is 45.4 Å². The Labute approximate surface area is 76.3 Å². The monoisotopic (exact) mass is 170 g/mol. The van der Waals surface area contributed by atoms with Crippen molar-refractivity contribution < 1.29 is 0 Å². The summed E-state index contributed by atoms with van der Waals surface area (Å²) >= 11 is 0. The van der Waals surface area contributed by atoms with Crippen molar-refractivity contribution in [3.63, 3.8) is 0 Å². The number of nitrogens with zero attached hydrogens (tertiary/aromatic N) is 1. The molecule has 0 radical (unpaired) electrons. The van der Waals surface area contributed by atoms with Gasteiger partial charge in [0, 0.05) is 6.04 Å². The highest BCUT2D eigenvalue weighted by atomic mass is 15.1. The molecule has 0 aromatic rings. The highest BCUT2D eigenvalue weighted by Crippen LogP contribution is 2.04. The van der Waals surface area contributed by atoms with Gasteiger partial charge in [0.25, 0.3) is 0 Å². The van der Waals surface area contributed by atoms with Gasteiger partial charge in [0.2, 0.25) is 0 Å². The third kappa shape index (κ3) is 3.11. The van der Waals surface area contributed by atoms with E-state index in [0.29, 0.717) is 0 Å². The van der Waals surface area contributed by atoms with Crippen LogP contribution in [0, 0.1) is 0 Å². The van der Waals surface area contributed by atoms with Crippen molar-refractivity contribution in [2.45, 2.75) is 39.2 Å². The summed E-state index contributed by atoms with van der Waals surface area (Å²) in [6, 6.07) is 0.763. The van der Waals surface area contributed by atoms with Crippen molar-refractivity contribution >= 4 is 0 Å². The molecule has 1 atom stereocenters. The van der Waals surface area contributed by atoms with E-state index in [1.807, 2.05) is 0 Å². The second-order valence-corrected chi connectivity index (χ2v) is 3.64. The first kappa shape index (κ1) is 10.0.